The zero-order valence-corrected chi connectivity index (χ0v) is 10.8. The number of hydrogen-bond donors (Lipinski definition) is 1. The van der Waals surface area contributed by atoms with Gasteiger partial charge in [0.2, 0.25) is 0 Å². The Morgan fingerprint density at radius 1 is 1.39 bits per heavy atom. The van der Waals surface area contributed by atoms with Crippen LogP contribution in [0.4, 0.5) is 18.0 Å². The second-order valence-corrected chi connectivity index (χ2v) is 5.35. The molecule has 1 amide bonds. The number of hydrogen-bond acceptors (Lipinski definition) is 3. The number of amides is 1. The highest BCUT2D eigenvalue weighted by molar-refractivity contribution is 5.68. The zero-order valence-electron chi connectivity index (χ0n) is 10.8. The summed E-state index contributed by atoms with van der Waals surface area (Å²) in [7, 11) is 0. The summed E-state index contributed by atoms with van der Waals surface area (Å²) in [5.41, 5.74) is -0.704. The number of piperazine rings is 1. The Morgan fingerprint density at radius 3 is 2.50 bits per heavy atom. The van der Waals surface area contributed by atoms with Crippen LogP contribution in [-0.2, 0) is 4.74 Å². The fourth-order valence-corrected chi connectivity index (χ4v) is 1.77. The van der Waals surface area contributed by atoms with Crippen LogP contribution < -0.4 is 5.32 Å². The van der Waals surface area contributed by atoms with Gasteiger partial charge in [-0.25, -0.2) is 4.79 Å². The number of alkyl halides is 3. The number of halogens is 3. The summed E-state index contributed by atoms with van der Waals surface area (Å²) in [6, 6.07) is -0.895. The first kappa shape index (κ1) is 15.1. The van der Waals surface area contributed by atoms with Gasteiger partial charge in [-0.2, -0.15) is 13.2 Å². The van der Waals surface area contributed by atoms with Gasteiger partial charge in [0.25, 0.3) is 0 Å². The van der Waals surface area contributed by atoms with Crippen LogP contribution in [0.2, 0.25) is 0 Å². The molecule has 1 rings (SSSR count). The number of carbonyl (C=O) groups is 1. The summed E-state index contributed by atoms with van der Waals surface area (Å²) in [6.07, 6.45) is -5.98. The Hall–Kier alpha value is -0.980. The number of ether oxygens (including phenoxy) is 1. The average Bonchev–Trinajstić information content (AvgIpc) is 2.12. The molecule has 0 saturated carbocycles. The van der Waals surface area contributed by atoms with Crippen LogP contribution in [0.1, 0.15) is 27.2 Å². The minimum Gasteiger partial charge on any atom is -0.444 e. The van der Waals surface area contributed by atoms with E-state index in [0.29, 0.717) is 6.54 Å². The van der Waals surface area contributed by atoms with Crippen molar-refractivity contribution in [1.82, 2.24) is 10.2 Å². The fraction of sp³-hybridized carbons (Fsp3) is 0.909. The smallest absolute Gasteiger partial charge is 0.410 e. The predicted molar refractivity (Wildman–Crippen MR) is 60.3 cm³/mol. The van der Waals surface area contributed by atoms with Crippen molar-refractivity contribution < 1.29 is 22.7 Å². The van der Waals surface area contributed by atoms with Crippen LogP contribution in [0.15, 0.2) is 0 Å². The number of nitrogens with zero attached hydrogens (tertiary/aromatic N) is 1. The van der Waals surface area contributed by atoms with Crippen molar-refractivity contribution in [2.24, 2.45) is 0 Å². The fourth-order valence-electron chi connectivity index (χ4n) is 1.77. The molecule has 7 heteroatoms. The highest BCUT2D eigenvalue weighted by Gasteiger charge is 2.38. The molecule has 1 atom stereocenters. The summed E-state index contributed by atoms with van der Waals surface area (Å²) in [6.45, 7) is 5.91. The van der Waals surface area contributed by atoms with Crippen molar-refractivity contribution >= 4 is 6.09 Å². The Bertz CT molecular complexity index is 300. The van der Waals surface area contributed by atoms with Gasteiger partial charge in [-0.1, -0.05) is 0 Å². The molecule has 0 unspecified atom stereocenters. The van der Waals surface area contributed by atoms with Gasteiger partial charge < -0.3 is 15.0 Å². The molecule has 0 bridgehead atoms. The summed E-state index contributed by atoms with van der Waals surface area (Å²) in [4.78, 5) is 13.0. The molecular weight excluding hydrogens is 249 g/mol. The molecule has 0 spiro atoms. The van der Waals surface area contributed by atoms with Crippen molar-refractivity contribution in [2.75, 3.05) is 19.6 Å². The van der Waals surface area contributed by atoms with E-state index in [9.17, 15) is 18.0 Å². The van der Waals surface area contributed by atoms with Crippen LogP contribution in [0, 0.1) is 0 Å². The molecule has 1 aliphatic heterocycles. The lowest BCUT2D eigenvalue weighted by Gasteiger charge is -2.37. The van der Waals surface area contributed by atoms with Gasteiger partial charge in [0, 0.05) is 19.6 Å². The van der Waals surface area contributed by atoms with E-state index in [1.165, 1.54) is 0 Å². The van der Waals surface area contributed by atoms with Gasteiger partial charge in [0.05, 0.1) is 12.5 Å². The highest BCUT2D eigenvalue weighted by atomic mass is 19.4. The Kier molecular flexibility index (Phi) is 4.47. The molecule has 1 heterocycles. The first-order chi connectivity index (χ1) is 8.08. The van der Waals surface area contributed by atoms with E-state index in [2.05, 4.69) is 5.32 Å². The molecule has 18 heavy (non-hydrogen) atoms. The van der Waals surface area contributed by atoms with Gasteiger partial charge in [0.15, 0.2) is 0 Å². The number of rotatable bonds is 1. The Labute approximate surface area is 104 Å². The van der Waals surface area contributed by atoms with Crippen LogP contribution >= 0.6 is 0 Å². The van der Waals surface area contributed by atoms with E-state index in [0.717, 1.165) is 4.90 Å². The molecule has 0 aromatic carbocycles. The lowest BCUT2D eigenvalue weighted by atomic mass is 10.1. The average molecular weight is 268 g/mol. The van der Waals surface area contributed by atoms with Crippen molar-refractivity contribution in [1.29, 1.82) is 0 Å². The SMILES string of the molecule is CC(C)(C)OC(=O)N1CCNC[C@H]1CC(F)(F)F. The predicted octanol–water partition coefficient (Wildman–Crippen LogP) is 2.15. The van der Waals surface area contributed by atoms with E-state index in [4.69, 9.17) is 4.74 Å². The standard InChI is InChI=1S/C11H19F3N2O2/c1-10(2,3)18-9(17)16-5-4-15-7-8(16)6-11(12,13)14/h8,15H,4-7H2,1-3H3/t8-/m1/s1. The van der Waals surface area contributed by atoms with E-state index >= 15 is 0 Å². The first-order valence-electron chi connectivity index (χ1n) is 5.85. The van der Waals surface area contributed by atoms with E-state index in [1.54, 1.807) is 20.8 Å². The third-order valence-electron chi connectivity index (χ3n) is 2.45. The van der Waals surface area contributed by atoms with Crippen LogP contribution in [0.5, 0.6) is 0 Å². The summed E-state index contributed by atoms with van der Waals surface area (Å²) in [5.74, 6) is 0. The van der Waals surface area contributed by atoms with Gasteiger partial charge in [-0.05, 0) is 20.8 Å². The lowest BCUT2D eigenvalue weighted by Crippen LogP contribution is -2.55. The third kappa shape index (κ3) is 5.12. The second kappa shape index (κ2) is 5.34. The monoisotopic (exact) mass is 268 g/mol. The quantitative estimate of drug-likeness (QED) is 0.792. The Balaban J connectivity index is 2.67. The maximum Gasteiger partial charge on any atom is 0.410 e. The van der Waals surface area contributed by atoms with Crippen LogP contribution in [-0.4, -0.2) is 48.4 Å². The van der Waals surface area contributed by atoms with E-state index in [1.807, 2.05) is 0 Å². The van der Waals surface area contributed by atoms with Crippen molar-refractivity contribution in [2.45, 2.75) is 45.0 Å². The van der Waals surface area contributed by atoms with Gasteiger partial charge in [0.1, 0.15) is 5.60 Å². The maximum absolute atomic E-state index is 12.4. The minimum absolute atomic E-state index is 0.138. The molecule has 0 aromatic rings. The molecule has 106 valence electrons. The van der Waals surface area contributed by atoms with Crippen LogP contribution in [0.3, 0.4) is 0 Å². The number of carbonyl (C=O) groups excluding carboxylic acids is 1. The van der Waals surface area contributed by atoms with Gasteiger partial charge >= 0.3 is 12.3 Å². The Morgan fingerprint density at radius 2 is 2.00 bits per heavy atom. The zero-order chi connectivity index (χ0) is 14.0. The number of nitrogens with one attached hydrogen (secondary N) is 1. The first-order valence-corrected chi connectivity index (χ1v) is 5.85. The minimum atomic E-state index is -4.29. The lowest BCUT2D eigenvalue weighted by molar-refractivity contribution is -0.147. The maximum atomic E-state index is 12.4. The molecule has 1 N–H and O–H groups in total. The van der Waals surface area contributed by atoms with Gasteiger partial charge in [-0.15, -0.1) is 0 Å². The largest absolute Gasteiger partial charge is 0.444 e. The molecule has 0 radical (unpaired) electrons. The van der Waals surface area contributed by atoms with E-state index in [-0.39, 0.29) is 13.1 Å². The molecule has 1 fully saturated rings. The molecule has 0 aromatic heterocycles. The van der Waals surface area contributed by atoms with Crippen molar-refractivity contribution in [3.63, 3.8) is 0 Å². The highest BCUT2D eigenvalue weighted by Crippen LogP contribution is 2.25. The molecule has 1 saturated heterocycles. The van der Waals surface area contributed by atoms with Crippen molar-refractivity contribution in [3.8, 4) is 0 Å². The summed E-state index contributed by atoms with van der Waals surface area (Å²) >= 11 is 0. The summed E-state index contributed by atoms with van der Waals surface area (Å²) in [5, 5.41) is 2.86. The normalized spacial score (nSPS) is 21.9. The molecule has 4 nitrogen and oxygen atoms in total. The summed E-state index contributed by atoms with van der Waals surface area (Å²) < 4.78 is 42.3. The van der Waals surface area contributed by atoms with E-state index < -0.39 is 30.3 Å². The van der Waals surface area contributed by atoms with Crippen molar-refractivity contribution in [3.05, 3.63) is 0 Å². The topological polar surface area (TPSA) is 41.6 Å². The second-order valence-electron chi connectivity index (χ2n) is 5.35. The van der Waals surface area contributed by atoms with Gasteiger partial charge in [-0.3, -0.25) is 0 Å². The van der Waals surface area contributed by atoms with Crippen LogP contribution in [0.25, 0.3) is 0 Å². The molecule has 1 aliphatic rings. The third-order valence-corrected chi connectivity index (χ3v) is 2.45. The molecular formula is C11H19F3N2O2. The molecule has 0 aliphatic carbocycles.